The number of benzene rings is 4. The lowest BCUT2D eigenvalue weighted by atomic mass is 9.95. The van der Waals surface area contributed by atoms with E-state index in [0.29, 0.717) is 52.8 Å². The number of hydrogen-bond donors (Lipinski definition) is 5. The van der Waals surface area contributed by atoms with Crippen molar-refractivity contribution in [2.45, 2.75) is 31.5 Å². The molecule has 0 aliphatic rings. The fraction of sp³-hybridized carbons (Fsp3) is 0.167. The number of aliphatic hydroxyl groups is 2. The number of phenols is 3. The molecule has 42 heavy (non-hydrogen) atoms. The van der Waals surface area contributed by atoms with E-state index >= 15 is 0 Å². The van der Waals surface area contributed by atoms with Crippen LogP contribution in [0.2, 0.25) is 0 Å². The van der Waals surface area contributed by atoms with Crippen molar-refractivity contribution in [3.8, 4) is 45.3 Å². The summed E-state index contributed by atoms with van der Waals surface area (Å²) in [7, 11) is 0. The molecule has 5 N–H and O–H groups in total. The second-order valence-corrected chi connectivity index (χ2v) is 10.1. The molecule has 0 aromatic heterocycles. The van der Waals surface area contributed by atoms with Gasteiger partial charge in [-0.1, -0.05) is 42.5 Å². The van der Waals surface area contributed by atoms with Crippen LogP contribution in [0.3, 0.4) is 0 Å². The maximum Gasteiger partial charge on any atom is 0.127 e. The Bertz CT molecular complexity index is 1590. The van der Waals surface area contributed by atoms with Crippen molar-refractivity contribution in [3.63, 3.8) is 0 Å². The zero-order valence-electron chi connectivity index (χ0n) is 23.4. The zero-order valence-corrected chi connectivity index (χ0v) is 23.4. The van der Waals surface area contributed by atoms with Crippen molar-refractivity contribution in [2.75, 3.05) is 6.61 Å². The second kappa shape index (κ2) is 13.7. The first-order valence-corrected chi connectivity index (χ1v) is 13.7. The van der Waals surface area contributed by atoms with Gasteiger partial charge in [0, 0.05) is 22.3 Å². The first kappa shape index (κ1) is 30.2. The Morgan fingerprint density at radius 1 is 0.571 bits per heavy atom. The largest absolute Gasteiger partial charge is 0.507 e. The summed E-state index contributed by atoms with van der Waals surface area (Å²) in [5.41, 5.74) is 5.10. The van der Waals surface area contributed by atoms with Crippen molar-refractivity contribution in [1.82, 2.24) is 0 Å². The minimum absolute atomic E-state index is 0.0264. The number of rotatable bonds is 13. The molecule has 0 amide bonds. The van der Waals surface area contributed by atoms with Crippen LogP contribution in [0, 0.1) is 0 Å². The molecule has 0 saturated carbocycles. The lowest BCUT2D eigenvalue weighted by Crippen LogP contribution is -2.25. The molecule has 4 rings (SSSR count). The SMILES string of the molecule is C=CCc1ccc(O)c(-c2cc([C@H](O)[C@H](O)COc3ccc(CC=C)cc3-c3cc(CC=C)ccc3O)ccc2O)c1. The van der Waals surface area contributed by atoms with Crippen molar-refractivity contribution in [2.24, 2.45) is 0 Å². The number of allylic oxidation sites excluding steroid dienone is 3. The average molecular weight is 565 g/mol. The summed E-state index contributed by atoms with van der Waals surface area (Å²) in [5.74, 6) is 0.406. The van der Waals surface area contributed by atoms with Gasteiger partial charge in [-0.3, -0.25) is 0 Å². The fourth-order valence-corrected chi connectivity index (χ4v) is 4.83. The molecule has 0 unspecified atom stereocenters. The maximum atomic E-state index is 11.0. The lowest BCUT2D eigenvalue weighted by molar-refractivity contribution is -0.00888. The van der Waals surface area contributed by atoms with Crippen molar-refractivity contribution in [1.29, 1.82) is 0 Å². The van der Waals surface area contributed by atoms with E-state index in [1.807, 2.05) is 24.3 Å². The molecule has 0 aliphatic carbocycles. The monoisotopic (exact) mass is 564 g/mol. The minimum atomic E-state index is -1.35. The molecular formula is C36H36O6. The molecule has 0 radical (unpaired) electrons. The Morgan fingerprint density at radius 2 is 1.00 bits per heavy atom. The number of aromatic hydroxyl groups is 3. The highest BCUT2D eigenvalue weighted by molar-refractivity contribution is 5.77. The second-order valence-electron chi connectivity index (χ2n) is 10.1. The molecule has 0 fully saturated rings. The van der Waals surface area contributed by atoms with E-state index in [1.165, 1.54) is 18.2 Å². The summed E-state index contributed by atoms with van der Waals surface area (Å²) in [4.78, 5) is 0. The summed E-state index contributed by atoms with van der Waals surface area (Å²) in [6.07, 6.45) is 4.47. The van der Waals surface area contributed by atoms with Gasteiger partial charge in [-0.05, 0) is 90.0 Å². The van der Waals surface area contributed by atoms with Gasteiger partial charge in [-0.25, -0.2) is 0 Å². The smallest absolute Gasteiger partial charge is 0.127 e. The minimum Gasteiger partial charge on any atom is -0.507 e. The predicted octanol–water partition coefficient (Wildman–Crippen LogP) is 6.80. The molecule has 0 saturated heterocycles. The van der Waals surface area contributed by atoms with Gasteiger partial charge >= 0.3 is 0 Å². The molecule has 4 aromatic carbocycles. The maximum absolute atomic E-state index is 11.0. The normalized spacial score (nSPS) is 12.3. The van der Waals surface area contributed by atoms with E-state index in [2.05, 4.69) is 19.7 Å². The van der Waals surface area contributed by atoms with Crippen LogP contribution in [0.25, 0.3) is 22.3 Å². The molecule has 2 atom stereocenters. The fourth-order valence-electron chi connectivity index (χ4n) is 4.83. The third-order valence-corrected chi connectivity index (χ3v) is 7.02. The number of hydrogen-bond acceptors (Lipinski definition) is 6. The highest BCUT2D eigenvalue weighted by Gasteiger charge is 2.23. The zero-order chi connectivity index (χ0) is 30.2. The molecule has 4 aromatic rings. The Balaban J connectivity index is 1.60. The van der Waals surface area contributed by atoms with Gasteiger partial charge in [0.1, 0.15) is 41.8 Å². The van der Waals surface area contributed by atoms with Gasteiger partial charge in [0.2, 0.25) is 0 Å². The molecule has 216 valence electrons. The van der Waals surface area contributed by atoms with Crippen LogP contribution < -0.4 is 4.74 Å². The standard InChI is InChI=1S/C36H36O6/c1-4-7-23-10-14-31(37)27(18-23)29-21-26(13-16-33(29)39)36(41)34(40)22-42-35-17-12-25(9-6-3)20-30(35)28-19-24(8-5-2)11-15-32(28)38/h4-6,10-21,34,36-41H,1-3,7-9,22H2/t34-,36+/m1/s1. The van der Waals surface area contributed by atoms with Crippen molar-refractivity contribution < 1.29 is 30.3 Å². The molecule has 0 bridgehead atoms. The third kappa shape index (κ3) is 6.92. The molecule has 0 heterocycles. The first-order valence-electron chi connectivity index (χ1n) is 13.7. The Hall–Kier alpha value is -4.78. The number of aliphatic hydroxyl groups excluding tert-OH is 2. The van der Waals surface area contributed by atoms with E-state index < -0.39 is 12.2 Å². The topological polar surface area (TPSA) is 110 Å². The van der Waals surface area contributed by atoms with Crippen LogP contribution in [0.1, 0.15) is 28.4 Å². The van der Waals surface area contributed by atoms with E-state index in [-0.39, 0.29) is 23.9 Å². The van der Waals surface area contributed by atoms with Crippen LogP contribution >= 0.6 is 0 Å². The highest BCUT2D eigenvalue weighted by Crippen LogP contribution is 2.40. The van der Waals surface area contributed by atoms with Crippen LogP contribution in [0.15, 0.2) is 111 Å². The van der Waals surface area contributed by atoms with E-state index in [1.54, 1.807) is 48.6 Å². The van der Waals surface area contributed by atoms with Crippen molar-refractivity contribution in [3.05, 3.63) is 133 Å². The summed E-state index contributed by atoms with van der Waals surface area (Å²) in [6, 6.07) is 20.4. The van der Waals surface area contributed by atoms with Gasteiger partial charge in [0.05, 0.1) is 0 Å². The molecule has 6 nitrogen and oxygen atoms in total. The van der Waals surface area contributed by atoms with E-state index in [0.717, 1.165) is 16.7 Å². The summed E-state index contributed by atoms with van der Waals surface area (Å²) in [6.45, 7) is 11.1. The molecular weight excluding hydrogens is 528 g/mol. The quantitative estimate of drug-likeness (QED) is 0.114. The van der Waals surface area contributed by atoms with Crippen LogP contribution in [-0.4, -0.2) is 38.2 Å². The molecule has 6 heteroatoms. The lowest BCUT2D eigenvalue weighted by Gasteiger charge is -2.21. The van der Waals surface area contributed by atoms with Gasteiger partial charge in [-0.2, -0.15) is 0 Å². The molecule has 0 spiro atoms. The third-order valence-electron chi connectivity index (χ3n) is 7.02. The molecule has 0 aliphatic heterocycles. The Morgan fingerprint density at radius 3 is 1.52 bits per heavy atom. The number of phenolic OH excluding ortho intramolecular Hbond substituents is 3. The van der Waals surface area contributed by atoms with E-state index in [4.69, 9.17) is 4.74 Å². The van der Waals surface area contributed by atoms with Crippen LogP contribution in [-0.2, 0) is 19.3 Å². The predicted molar refractivity (Wildman–Crippen MR) is 167 cm³/mol. The summed E-state index contributed by atoms with van der Waals surface area (Å²) >= 11 is 0. The average Bonchev–Trinajstić information content (AvgIpc) is 2.98. The van der Waals surface area contributed by atoms with Crippen molar-refractivity contribution >= 4 is 0 Å². The van der Waals surface area contributed by atoms with Gasteiger partial charge < -0.3 is 30.3 Å². The Kier molecular flexibility index (Phi) is 9.86. The number of ether oxygens (including phenoxy) is 1. The van der Waals surface area contributed by atoms with Gasteiger partial charge in [0.25, 0.3) is 0 Å². The first-order chi connectivity index (χ1) is 20.2. The van der Waals surface area contributed by atoms with Crippen LogP contribution in [0.4, 0.5) is 0 Å². The summed E-state index contributed by atoms with van der Waals surface area (Å²) < 4.78 is 6.02. The summed E-state index contributed by atoms with van der Waals surface area (Å²) in [5, 5.41) is 53.7. The van der Waals surface area contributed by atoms with Gasteiger partial charge in [-0.15, -0.1) is 19.7 Å². The Labute approximate surface area is 246 Å². The highest BCUT2D eigenvalue weighted by atomic mass is 16.5. The van der Waals surface area contributed by atoms with Gasteiger partial charge in [0.15, 0.2) is 0 Å². The van der Waals surface area contributed by atoms with E-state index in [9.17, 15) is 25.5 Å². The van der Waals surface area contributed by atoms with Crippen LogP contribution in [0.5, 0.6) is 23.0 Å².